The van der Waals surface area contributed by atoms with Crippen LogP contribution in [0.25, 0.3) is 0 Å². The van der Waals surface area contributed by atoms with Crippen LogP contribution in [-0.2, 0) is 21.2 Å². The van der Waals surface area contributed by atoms with Crippen LogP contribution in [0.15, 0.2) is 53.4 Å². The normalized spacial score (nSPS) is 11.2. The minimum Gasteiger partial charge on any atom is -0.351 e. The standard InChI is InChI=1S/C15H13ClFNO3S/c16-12-5-7-13(8-6-12)22(20,21)10-15(19)18-9-11-3-1-2-4-14(11)17/h1-8H,9-10H2,(H,18,19). The molecule has 22 heavy (non-hydrogen) atoms. The summed E-state index contributed by atoms with van der Waals surface area (Å²) in [5.74, 6) is -1.86. The molecule has 0 fully saturated rings. The number of carbonyl (C=O) groups is 1. The van der Waals surface area contributed by atoms with Crippen molar-refractivity contribution in [2.45, 2.75) is 11.4 Å². The van der Waals surface area contributed by atoms with Gasteiger partial charge < -0.3 is 5.32 Å². The predicted molar refractivity (Wildman–Crippen MR) is 81.8 cm³/mol. The van der Waals surface area contributed by atoms with Gasteiger partial charge in [0.15, 0.2) is 9.84 Å². The number of halogens is 2. The van der Waals surface area contributed by atoms with E-state index in [0.29, 0.717) is 10.6 Å². The molecular weight excluding hydrogens is 329 g/mol. The molecule has 0 saturated carbocycles. The largest absolute Gasteiger partial charge is 0.351 e. The number of sulfone groups is 1. The highest BCUT2D eigenvalue weighted by atomic mass is 35.5. The molecule has 1 N–H and O–H groups in total. The first-order chi connectivity index (χ1) is 10.4. The second-order valence-electron chi connectivity index (χ2n) is 4.58. The van der Waals surface area contributed by atoms with Crippen LogP contribution >= 0.6 is 11.6 Å². The first-order valence-electron chi connectivity index (χ1n) is 6.37. The fourth-order valence-electron chi connectivity index (χ4n) is 1.78. The molecule has 2 aromatic rings. The van der Waals surface area contributed by atoms with Gasteiger partial charge in [0.05, 0.1) is 4.90 Å². The molecule has 4 nitrogen and oxygen atoms in total. The van der Waals surface area contributed by atoms with E-state index in [1.807, 2.05) is 0 Å². The van der Waals surface area contributed by atoms with E-state index >= 15 is 0 Å². The molecular formula is C15H13ClFNO3S. The van der Waals surface area contributed by atoms with E-state index in [4.69, 9.17) is 11.6 Å². The minimum absolute atomic E-state index is 0.0120. The van der Waals surface area contributed by atoms with Gasteiger partial charge in [-0.3, -0.25) is 4.79 Å². The topological polar surface area (TPSA) is 63.2 Å². The summed E-state index contributed by atoms with van der Waals surface area (Å²) in [6.45, 7) is -0.0678. The van der Waals surface area contributed by atoms with Gasteiger partial charge in [0.1, 0.15) is 11.6 Å². The molecule has 2 rings (SSSR count). The van der Waals surface area contributed by atoms with Gasteiger partial charge in [0, 0.05) is 17.1 Å². The molecule has 0 saturated heterocycles. The van der Waals surface area contributed by atoms with Gasteiger partial charge in [-0.05, 0) is 30.3 Å². The molecule has 0 heterocycles. The number of hydrogen-bond donors (Lipinski definition) is 1. The molecule has 2 aromatic carbocycles. The summed E-state index contributed by atoms with van der Waals surface area (Å²) in [5, 5.41) is 2.80. The molecule has 0 aliphatic heterocycles. The SMILES string of the molecule is O=C(CS(=O)(=O)c1ccc(Cl)cc1)NCc1ccccc1F. The van der Waals surface area contributed by atoms with Crippen molar-refractivity contribution >= 4 is 27.3 Å². The maximum atomic E-state index is 13.4. The number of rotatable bonds is 5. The highest BCUT2D eigenvalue weighted by molar-refractivity contribution is 7.92. The second kappa shape index (κ2) is 6.89. The molecule has 0 spiro atoms. The van der Waals surface area contributed by atoms with E-state index in [-0.39, 0.29) is 11.4 Å². The fraction of sp³-hybridized carbons (Fsp3) is 0.133. The Bertz CT molecular complexity index is 776. The fourth-order valence-corrected chi connectivity index (χ4v) is 3.08. The molecule has 0 unspecified atom stereocenters. The smallest absolute Gasteiger partial charge is 0.235 e. The summed E-state index contributed by atoms with van der Waals surface area (Å²) in [4.78, 5) is 11.8. The van der Waals surface area contributed by atoms with Crippen molar-refractivity contribution in [2.75, 3.05) is 5.75 Å². The summed E-state index contributed by atoms with van der Waals surface area (Å²) in [6.07, 6.45) is 0. The lowest BCUT2D eigenvalue weighted by atomic mass is 10.2. The van der Waals surface area contributed by atoms with Crippen LogP contribution in [0, 0.1) is 5.82 Å². The summed E-state index contributed by atoms with van der Waals surface area (Å²) < 4.78 is 37.5. The average molecular weight is 342 g/mol. The first-order valence-corrected chi connectivity index (χ1v) is 8.40. The molecule has 1 amide bonds. The Kier molecular flexibility index (Phi) is 5.15. The number of carbonyl (C=O) groups excluding carboxylic acids is 1. The van der Waals surface area contributed by atoms with Gasteiger partial charge in [-0.15, -0.1) is 0 Å². The molecule has 0 atom stereocenters. The van der Waals surface area contributed by atoms with E-state index < -0.39 is 27.3 Å². The third-order valence-corrected chi connectivity index (χ3v) is 4.81. The van der Waals surface area contributed by atoms with Crippen LogP contribution in [0.3, 0.4) is 0 Å². The third kappa shape index (κ3) is 4.29. The van der Waals surface area contributed by atoms with Crippen molar-refractivity contribution < 1.29 is 17.6 Å². The van der Waals surface area contributed by atoms with Crippen molar-refractivity contribution in [2.24, 2.45) is 0 Å². The Balaban J connectivity index is 1.99. The first kappa shape index (κ1) is 16.5. The molecule has 0 aromatic heterocycles. The Morgan fingerprint density at radius 3 is 2.36 bits per heavy atom. The van der Waals surface area contributed by atoms with Crippen LogP contribution in [0.5, 0.6) is 0 Å². The van der Waals surface area contributed by atoms with Gasteiger partial charge in [-0.25, -0.2) is 12.8 Å². The number of nitrogens with one attached hydrogen (secondary N) is 1. The van der Waals surface area contributed by atoms with E-state index in [0.717, 1.165) is 0 Å². The van der Waals surface area contributed by atoms with Crippen molar-refractivity contribution in [3.63, 3.8) is 0 Å². The minimum atomic E-state index is -3.76. The molecule has 0 bridgehead atoms. The lowest BCUT2D eigenvalue weighted by molar-refractivity contribution is -0.118. The highest BCUT2D eigenvalue weighted by Crippen LogP contribution is 2.15. The van der Waals surface area contributed by atoms with E-state index in [1.54, 1.807) is 6.07 Å². The van der Waals surface area contributed by atoms with Gasteiger partial charge in [0.25, 0.3) is 0 Å². The van der Waals surface area contributed by atoms with Crippen molar-refractivity contribution in [1.82, 2.24) is 5.32 Å². The lowest BCUT2D eigenvalue weighted by Crippen LogP contribution is -2.30. The van der Waals surface area contributed by atoms with Crippen LogP contribution in [-0.4, -0.2) is 20.1 Å². The lowest BCUT2D eigenvalue weighted by Gasteiger charge is -2.07. The van der Waals surface area contributed by atoms with Crippen molar-refractivity contribution in [3.8, 4) is 0 Å². The summed E-state index contributed by atoms with van der Waals surface area (Å²) in [7, 11) is -3.76. The van der Waals surface area contributed by atoms with Gasteiger partial charge >= 0.3 is 0 Å². The van der Waals surface area contributed by atoms with Crippen LogP contribution < -0.4 is 5.32 Å². The second-order valence-corrected chi connectivity index (χ2v) is 7.01. The number of benzene rings is 2. The zero-order chi connectivity index (χ0) is 16.2. The zero-order valence-corrected chi connectivity index (χ0v) is 13.0. The Hall–Kier alpha value is -1.92. The summed E-state index contributed by atoms with van der Waals surface area (Å²) >= 11 is 5.69. The molecule has 0 aliphatic rings. The molecule has 7 heteroatoms. The van der Waals surface area contributed by atoms with Gasteiger partial charge in [-0.2, -0.15) is 0 Å². The molecule has 0 radical (unpaired) electrons. The zero-order valence-electron chi connectivity index (χ0n) is 11.4. The van der Waals surface area contributed by atoms with Crippen molar-refractivity contribution in [3.05, 3.63) is 64.9 Å². The predicted octanol–water partition coefficient (Wildman–Crippen LogP) is 2.57. The summed E-state index contributed by atoms with van der Waals surface area (Å²) in [6, 6.07) is 11.5. The number of hydrogen-bond acceptors (Lipinski definition) is 3. The Labute approximate surface area is 132 Å². The maximum absolute atomic E-state index is 13.4. The van der Waals surface area contributed by atoms with Crippen LogP contribution in [0.1, 0.15) is 5.56 Å². The monoisotopic (exact) mass is 341 g/mol. The Morgan fingerprint density at radius 1 is 1.09 bits per heavy atom. The Morgan fingerprint density at radius 2 is 1.73 bits per heavy atom. The van der Waals surface area contributed by atoms with E-state index in [1.165, 1.54) is 42.5 Å². The third-order valence-electron chi connectivity index (χ3n) is 2.93. The van der Waals surface area contributed by atoms with Crippen molar-refractivity contribution in [1.29, 1.82) is 0 Å². The number of amides is 1. The summed E-state index contributed by atoms with van der Waals surface area (Å²) in [5.41, 5.74) is 0.291. The van der Waals surface area contributed by atoms with Gasteiger partial charge in [0.2, 0.25) is 5.91 Å². The molecule has 0 aliphatic carbocycles. The highest BCUT2D eigenvalue weighted by Gasteiger charge is 2.19. The molecule has 116 valence electrons. The average Bonchev–Trinajstić information content (AvgIpc) is 2.46. The van der Waals surface area contributed by atoms with E-state index in [2.05, 4.69) is 5.32 Å². The van der Waals surface area contributed by atoms with Crippen LogP contribution in [0.4, 0.5) is 4.39 Å². The van der Waals surface area contributed by atoms with E-state index in [9.17, 15) is 17.6 Å². The van der Waals surface area contributed by atoms with Crippen LogP contribution in [0.2, 0.25) is 5.02 Å². The van der Waals surface area contributed by atoms with Gasteiger partial charge in [-0.1, -0.05) is 29.8 Å². The quantitative estimate of drug-likeness (QED) is 0.909. The maximum Gasteiger partial charge on any atom is 0.235 e.